The summed E-state index contributed by atoms with van der Waals surface area (Å²) in [4.78, 5) is 15.8. The van der Waals surface area contributed by atoms with Crippen LogP contribution >= 0.6 is 11.6 Å². The van der Waals surface area contributed by atoms with Gasteiger partial charge in [-0.05, 0) is 48.9 Å². The van der Waals surface area contributed by atoms with E-state index in [0.717, 1.165) is 5.56 Å². The summed E-state index contributed by atoms with van der Waals surface area (Å²) in [5.41, 5.74) is 1.49. The monoisotopic (exact) mass is 372 g/mol. The van der Waals surface area contributed by atoms with Gasteiger partial charge in [-0.3, -0.25) is 0 Å². The minimum atomic E-state index is -0.426. The van der Waals surface area contributed by atoms with Crippen LogP contribution < -0.4 is 4.74 Å². The van der Waals surface area contributed by atoms with Crippen LogP contribution in [-0.4, -0.2) is 23.2 Å². The molecule has 0 spiro atoms. The van der Waals surface area contributed by atoms with Gasteiger partial charge >= 0.3 is 5.97 Å². The Kier molecular flexibility index (Phi) is 5.53. The van der Waals surface area contributed by atoms with Crippen LogP contribution in [0.15, 0.2) is 53.1 Å². The quantitative estimate of drug-likeness (QED) is 0.602. The number of carbonyl (C=O) groups excluding carboxylic acids is 1. The molecule has 0 aliphatic heterocycles. The highest BCUT2D eigenvalue weighted by Gasteiger charge is 2.16. The van der Waals surface area contributed by atoms with Gasteiger partial charge in [0.2, 0.25) is 0 Å². The number of esters is 1. The predicted octanol–water partition coefficient (Wildman–Crippen LogP) is 4.24. The molecule has 0 amide bonds. The fraction of sp³-hybridized carbons (Fsp3) is 0.211. The molecule has 7 heteroatoms. The second-order valence-electron chi connectivity index (χ2n) is 5.63. The van der Waals surface area contributed by atoms with Crippen LogP contribution in [0.2, 0.25) is 5.02 Å². The first kappa shape index (κ1) is 17.9. The van der Waals surface area contributed by atoms with Gasteiger partial charge in [0.1, 0.15) is 5.75 Å². The van der Waals surface area contributed by atoms with Gasteiger partial charge in [-0.2, -0.15) is 4.98 Å². The Hall–Kier alpha value is -2.86. The molecule has 3 aromatic rings. The molecule has 0 bridgehead atoms. The normalized spacial score (nSPS) is 11.8. The fourth-order valence-electron chi connectivity index (χ4n) is 2.33. The maximum atomic E-state index is 11.4. The van der Waals surface area contributed by atoms with Gasteiger partial charge in [0.15, 0.2) is 11.9 Å². The topological polar surface area (TPSA) is 74.5 Å². The first-order valence-electron chi connectivity index (χ1n) is 7.97. The summed E-state index contributed by atoms with van der Waals surface area (Å²) in [6.45, 7) is 1.81. The molecule has 0 radical (unpaired) electrons. The van der Waals surface area contributed by atoms with E-state index in [4.69, 9.17) is 20.9 Å². The molecule has 3 rings (SSSR count). The smallest absolute Gasteiger partial charge is 0.337 e. The molecule has 0 aliphatic carbocycles. The maximum Gasteiger partial charge on any atom is 0.337 e. The number of methoxy groups -OCH3 is 1. The second kappa shape index (κ2) is 8.01. The number of aromatic nitrogens is 2. The molecular weight excluding hydrogens is 356 g/mol. The van der Waals surface area contributed by atoms with Crippen molar-refractivity contribution in [3.05, 3.63) is 76.4 Å². The van der Waals surface area contributed by atoms with Crippen molar-refractivity contribution in [1.29, 1.82) is 0 Å². The molecular formula is C19H17ClN2O4. The Labute approximate surface area is 155 Å². The Morgan fingerprint density at radius 3 is 2.50 bits per heavy atom. The minimum absolute atomic E-state index is 0.381. The van der Waals surface area contributed by atoms with Gasteiger partial charge in [-0.25, -0.2) is 4.79 Å². The van der Waals surface area contributed by atoms with Gasteiger partial charge in [-0.1, -0.05) is 28.9 Å². The first-order chi connectivity index (χ1) is 12.5. The number of nitrogens with zero attached hydrogens (tertiary/aromatic N) is 2. The molecule has 0 aliphatic rings. The lowest BCUT2D eigenvalue weighted by Crippen LogP contribution is -2.05. The van der Waals surface area contributed by atoms with Gasteiger partial charge in [-0.15, -0.1) is 0 Å². The molecule has 0 fully saturated rings. The average molecular weight is 373 g/mol. The number of benzene rings is 2. The summed E-state index contributed by atoms with van der Waals surface area (Å²) in [5, 5.41) is 4.67. The highest BCUT2D eigenvalue weighted by molar-refractivity contribution is 6.30. The largest absolute Gasteiger partial charge is 0.481 e. The van der Waals surface area contributed by atoms with Crippen LogP contribution in [-0.2, 0) is 11.2 Å². The fourth-order valence-corrected chi connectivity index (χ4v) is 2.46. The average Bonchev–Trinajstić information content (AvgIpc) is 3.12. The van der Waals surface area contributed by atoms with Crippen LogP contribution in [0.5, 0.6) is 5.75 Å². The molecule has 26 heavy (non-hydrogen) atoms. The van der Waals surface area contributed by atoms with E-state index < -0.39 is 12.1 Å². The van der Waals surface area contributed by atoms with Crippen LogP contribution in [0, 0.1) is 0 Å². The molecule has 0 saturated carbocycles. The zero-order valence-electron chi connectivity index (χ0n) is 14.3. The molecule has 0 saturated heterocycles. The van der Waals surface area contributed by atoms with E-state index >= 15 is 0 Å². The van der Waals surface area contributed by atoms with Crippen LogP contribution in [0.1, 0.15) is 40.7 Å². The number of carbonyl (C=O) groups is 1. The van der Waals surface area contributed by atoms with Crippen molar-refractivity contribution in [2.45, 2.75) is 19.4 Å². The predicted molar refractivity (Wildman–Crippen MR) is 95.4 cm³/mol. The molecule has 1 heterocycles. The first-order valence-corrected chi connectivity index (χ1v) is 8.35. The van der Waals surface area contributed by atoms with Gasteiger partial charge in [0.05, 0.1) is 12.7 Å². The molecule has 0 N–H and O–H groups in total. The van der Waals surface area contributed by atoms with Gasteiger partial charge < -0.3 is 14.0 Å². The van der Waals surface area contributed by atoms with Crippen LogP contribution in [0.4, 0.5) is 0 Å². The van der Waals surface area contributed by atoms with E-state index in [1.807, 2.05) is 31.2 Å². The number of rotatable bonds is 6. The van der Waals surface area contributed by atoms with Gasteiger partial charge in [0.25, 0.3) is 5.89 Å². The van der Waals surface area contributed by atoms with Crippen molar-refractivity contribution in [3.63, 3.8) is 0 Å². The van der Waals surface area contributed by atoms with Crippen LogP contribution in [0.3, 0.4) is 0 Å². The van der Waals surface area contributed by atoms with Crippen LogP contribution in [0.25, 0.3) is 0 Å². The molecule has 134 valence electrons. The van der Waals surface area contributed by atoms with Crippen molar-refractivity contribution < 1.29 is 18.8 Å². The van der Waals surface area contributed by atoms with Crippen molar-refractivity contribution in [3.8, 4) is 5.75 Å². The zero-order chi connectivity index (χ0) is 18.5. The standard InChI is InChI=1S/C19H17ClN2O4/c1-12(25-16-9-5-14(6-10-16)19(23)24-2)18-21-17(22-26-18)11-13-3-7-15(20)8-4-13/h3-10,12H,11H2,1-2H3. The lowest BCUT2D eigenvalue weighted by atomic mass is 10.1. The SMILES string of the molecule is COC(=O)c1ccc(OC(C)c2nc(Cc3ccc(Cl)cc3)no2)cc1. The van der Waals surface area contributed by atoms with E-state index in [1.54, 1.807) is 24.3 Å². The summed E-state index contributed by atoms with van der Waals surface area (Å²) < 4.78 is 15.7. The Balaban J connectivity index is 1.63. The van der Waals surface area contributed by atoms with E-state index in [0.29, 0.717) is 34.5 Å². The summed E-state index contributed by atoms with van der Waals surface area (Å²) in [6, 6.07) is 14.1. The third-order valence-corrected chi connectivity index (χ3v) is 3.95. The third kappa shape index (κ3) is 4.40. The van der Waals surface area contributed by atoms with Crippen molar-refractivity contribution in [1.82, 2.24) is 10.1 Å². The summed E-state index contributed by atoms with van der Waals surface area (Å²) in [7, 11) is 1.34. The highest BCUT2D eigenvalue weighted by Crippen LogP contribution is 2.22. The minimum Gasteiger partial charge on any atom is -0.481 e. The van der Waals surface area contributed by atoms with Gasteiger partial charge in [0, 0.05) is 11.4 Å². The van der Waals surface area contributed by atoms with Crippen molar-refractivity contribution in [2.24, 2.45) is 0 Å². The molecule has 1 aromatic heterocycles. The second-order valence-corrected chi connectivity index (χ2v) is 6.06. The molecule has 6 nitrogen and oxygen atoms in total. The molecule has 2 aromatic carbocycles. The number of ether oxygens (including phenoxy) is 2. The molecule has 1 atom stereocenters. The Bertz CT molecular complexity index is 875. The highest BCUT2D eigenvalue weighted by atomic mass is 35.5. The number of hydrogen-bond donors (Lipinski definition) is 0. The van der Waals surface area contributed by atoms with E-state index in [9.17, 15) is 4.79 Å². The lowest BCUT2D eigenvalue weighted by molar-refractivity contribution is 0.0600. The van der Waals surface area contributed by atoms with E-state index in [2.05, 4.69) is 14.9 Å². The van der Waals surface area contributed by atoms with Crippen molar-refractivity contribution in [2.75, 3.05) is 7.11 Å². The van der Waals surface area contributed by atoms with Crippen molar-refractivity contribution >= 4 is 17.6 Å². The molecule has 1 unspecified atom stereocenters. The zero-order valence-corrected chi connectivity index (χ0v) is 15.1. The lowest BCUT2D eigenvalue weighted by Gasteiger charge is -2.10. The van der Waals surface area contributed by atoms with E-state index in [1.165, 1.54) is 7.11 Å². The Morgan fingerprint density at radius 1 is 1.15 bits per heavy atom. The maximum absolute atomic E-state index is 11.4. The summed E-state index contributed by atoms with van der Waals surface area (Å²) >= 11 is 5.88. The summed E-state index contributed by atoms with van der Waals surface area (Å²) in [6.07, 6.45) is 0.117. The summed E-state index contributed by atoms with van der Waals surface area (Å²) in [5.74, 6) is 1.14. The Morgan fingerprint density at radius 2 is 1.85 bits per heavy atom. The number of halogens is 1. The third-order valence-electron chi connectivity index (χ3n) is 3.70. The number of hydrogen-bond acceptors (Lipinski definition) is 6. The van der Waals surface area contributed by atoms with E-state index in [-0.39, 0.29) is 0 Å².